The van der Waals surface area contributed by atoms with Crippen LogP contribution in [0.3, 0.4) is 0 Å². The van der Waals surface area contributed by atoms with Crippen LogP contribution in [-0.2, 0) is 4.79 Å². The molecule has 10 heteroatoms. The smallest absolute Gasteiger partial charge is 0.340 e. The van der Waals surface area contributed by atoms with Crippen LogP contribution in [0.25, 0.3) is 10.9 Å². The average Bonchev–Trinajstić information content (AvgIpc) is 2.80. The van der Waals surface area contributed by atoms with Gasteiger partial charge in [-0.05, 0) is 48.5 Å². The minimum Gasteiger partial charge on any atom is -0.340 e. The maximum atomic E-state index is 12.3. The number of carbonyl (C=O) groups excluding carboxylic acids is 1. The molecular weight excluding hydrogens is 485 g/mol. The molecule has 0 aliphatic rings. The molecule has 0 aliphatic carbocycles. The highest BCUT2D eigenvalue weighted by Gasteiger charge is 2.22. The van der Waals surface area contributed by atoms with Gasteiger partial charge in [0.25, 0.3) is 0 Å². The van der Waals surface area contributed by atoms with Gasteiger partial charge in [0.1, 0.15) is 12.1 Å². The topological polar surface area (TPSA) is 66.9 Å². The Balaban J connectivity index is 1.55. The Morgan fingerprint density at radius 3 is 2.47 bits per heavy atom. The Hall–Kier alpha value is -3.56. The van der Waals surface area contributed by atoms with Crippen LogP contribution in [0.5, 0.6) is 0 Å². The molecule has 0 aliphatic heterocycles. The number of hydrogen-bond donors (Lipinski definition) is 2. The highest BCUT2D eigenvalue weighted by atomic mass is 35.5. The van der Waals surface area contributed by atoms with Crippen molar-refractivity contribution in [2.24, 2.45) is 0 Å². The summed E-state index contributed by atoms with van der Waals surface area (Å²) in [4.78, 5) is 22.2. The van der Waals surface area contributed by atoms with Gasteiger partial charge in [-0.25, -0.2) is 9.97 Å². The molecule has 5 nitrogen and oxygen atoms in total. The Morgan fingerprint density at radius 2 is 1.74 bits per heavy atom. The van der Waals surface area contributed by atoms with Crippen LogP contribution >= 0.6 is 23.4 Å². The second-order valence-corrected chi connectivity index (χ2v) is 8.53. The lowest BCUT2D eigenvalue weighted by molar-refractivity contribution is -0.112. The number of allylic oxidation sites excluding steroid dienone is 1. The minimum absolute atomic E-state index is 0.122. The number of carbonyl (C=O) groups is 1. The van der Waals surface area contributed by atoms with E-state index in [1.807, 2.05) is 42.5 Å². The van der Waals surface area contributed by atoms with Crippen LogP contribution in [0.2, 0.25) is 5.02 Å². The van der Waals surface area contributed by atoms with E-state index in [9.17, 15) is 18.0 Å². The first-order valence-electron chi connectivity index (χ1n) is 9.88. The summed E-state index contributed by atoms with van der Waals surface area (Å²) in [6.45, 7) is 0. The summed E-state index contributed by atoms with van der Waals surface area (Å²) in [5.74, 6) is -0.451. The molecule has 0 saturated carbocycles. The van der Waals surface area contributed by atoms with E-state index in [1.165, 1.54) is 6.33 Å². The van der Waals surface area contributed by atoms with Gasteiger partial charge in [-0.1, -0.05) is 41.6 Å². The predicted octanol–water partition coefficient (Wildman–Crippen LogP) is 7.24. The molecule has 1 heterocycles. The summed E-state index contributed by atoms with van der Waals surface area (Å²) in [5.41, 5.74) is 1.57. The van der Waals surface area contributed by atoms with Crippen molar-refractivity contribution < 1.29 is 18.0 Å². The summed E-state index contributed by atoms with van der Waals surface area (Å²) in [5, 5.41) is 6.71. The monoisotopic (exact) mass is 500 g/mol. The van der Waals surface area contributed by atoms with Crippen molar-refractivity contribution in [2.45, 2.75) is 16.0 Å². The molecule has 0 bridgehead atoms. The Labute approximate surface area is 202 Å². The van der Waals surface area contributed by atoms with E-state index in [0.29, 0.717) is 39.2 Å². The molecule has 0 spiro atoms. The second-order valence-electron chi connectivity index (χ2n) is 7.00. The number of benzene rings is 3. The van der Waals surface area contributed by atoms with Crippen molar-refractivity contribution in [2.75, 3.05) is 10.6 Å². The lowest BCUT2D eigenvalue weighted by Crippen LogP contribution is -2.10. The van der Waals surface area contributed by atoms with E-state index in [1.54, 1.807) is 36.0 Å². The van der Waals surface area contributed by atoms with Crippen LogP contribution in [0.1, 0.15) is 0 Å². The fourth-order valence-corrected chi connectivity index (χ4v) is 4.14. The normalized spacial score (nSPS) is 11.6. The zero-order valence-electron chi connectivity index (χ0n) is 17.3. The first-order chi connectivity index (χ1) is 16.3. The van der Waals surface area contributed by atoms with Crippen LogP contribution < -0.4 is 10.6 Å². The third-order valence-corrected chi connectivity index (χ3v) is 6.00. The first-order valence-corrected chi connectivity index (χ1v) is 11.1. The first kappa shape index (κ1) is 23.6. The number of amides is 1. The molecule has 1 aromatic heterocycles. The van der Waals surface area contributed by atoms with Gasteiger partial charge in [0.05, 0.1) is 10.5 Å². The zero-order chi connectivity index (χ0) is 24.1. The highest BCUT2D eigenvalue weighted by molar-refractivity contribution is 7.99. The van der Waals surface area contributed by atoms with Gasteiger partial charge in [-0.2, -0.15) is 13.2 Å². The maximum Gasteiger partial charge on any atom is 0.409 e. The van der Waals surface area contributed by atoms with E-state index < -0.39 is 12.1 Å². The van der Waals surface area contributed by atoms with Crippen molar-refractivity contribution in [1.82, 2.24) is 9.97 Å². The third-order valence-electron chi connectivity index (χ3n) is 4.49. The molecule has 3 aromatic carbocycles. The molecule has 4 aromatic rings. The van der Waals surface area contributed by atoms with Gasteiger partial charge < -0.3 is 10.6 Å². The molecule has 172 valence electrons. The van der Waals surface area contributed by atoms with Gasteiger partial charge >= 0.3 is 6.18 Å². The largest absolute Gasteiger partial charge is 0.409 e. The SMILES string of the molecule is O=C(/C=C/C(F)(F)F)Nc1ccc2ncnc(Nc3ccc(Sc4ccccc4)c(Cl)c3)c2c1. The molecule has 0 saturated heterocycles. The number of hydrogen-bond acceptors (Lipinski definition) is 5. The van der Waals surface area contributed by atoms with E-state index in [-0.39, 0.29) is 6.08 Å². The number of halogens is 4. The Morgan fingerprint density at radius 1 is 0.971 bits per heavy atom. The lowest BCUT2D eigenvalue weighted by Gasteiger charge is -2.12. The molecule has 0 radical (unpaired) electrons. The van der Waals surface area contributed by atoms with Crippen LogP contribution in [-0.4, -0.2) is 22.1 Å². The van der Waals surface area contributed by atoms with Crippen molar-refractivity contribution in [1.29, 1.82) is 0 Å². The fourth-order valence-electron chi connectivity index (χ4n) is 3.00. The van der Waals surface area contributed by atoms with Crippen molar-refractivity contribution in [3.63, 3.8) is 0 Å². The highest BCUT2D eigenvalue weighted by Crippen LogP contribution is 2.35. The minimum atomic E-state index is -4.57. The van der Waals surface area contributed by atoms with Crippen molar-refractivity contribution in [3.05, 3.63) is 90.2 Å². The number of anilines is 3. The number of aromatic nitrogens is 2. The molecule has 2 N–H and O–H groups in total. The van der Waals surface area contributed by atoms with Gasteiger partial charge in [0.15, 0.2) is 0 Å². The Kier molecular flexibility index (Phi) is 7.04. The van der Waals surface area contributed by atoms with Crippen LogP contribution in [0, 0.1) is 0 Å². The van der Waals surface area contributed by atoms with Gasteiger partial charge in [-0.15, -0.1) is 0 Å². The molecule has 0 unspecified atom stereocenters. The van der Waals surface area contributed by atoms with Gasteiger partial charge in [0, 0.05) is 38.7 Å². The number of fused-ring (bicyclic) bond motifs is 1. The zero-order valence-corrected chi connectivity index (χ0v) is 18.9. The molecular formula is C24H16ClF3N4OS. The number of nitrogens with zero attached hydrogens (tertiary/aromatic N) is 2. The summed E-state index contributed by atoms with van der Waals surface area (Å²) >= 11 is 8.02. The number of nitrogens with one attached hydrogen (secondary N) is 2. The molecule has 0 fully saturated rings. The van der Waals surface area contributed by atoms with E-state index in [2.05, 4.69) is 20.6 Å². The van der Waals surface area contributed by atoms with Gasteiger partial charge in [0.2, 0.25) is 5.91 Å². The molecule has 34 heavy (non-hydrogen) atoms. The summed E-state index contributed by atoms with van der Waals surface area (Å²) in [6.07, 6.45) is -2.87. The van der Waals surface area contributed by atoms with E-state index in [0.717, 1.165) is 9.79 Å². The standard InChI is InChI=1S/C24H16ClF3N4OS/c25-19-13-16(7-9-21(19)34-17-4-2-1-3-5-17)32-23-18-12-15(6-8-20(18)29-14-30-23)31-22(33)10-11-24(26,27)28/h1-14H,(H,31,33)(H,29,30,32)/b11-10+. The van der Waals surface area contributed by atoms with Crippen molar-refractivity contribution >= 4 is 57.4 Å². The summed E-state index contributed by atoms with van der Waals surface area (Å²) < 4.78 is 36.8. The lowest BCUT2D eigenvalue weighted by atomic mass is 10.2. The average molecular weight is 501 g/mol. The van der Waals surface area contributed by atoms with Crippen LogP contribution in [0.15, 0.2) is 95.0 Å². The van der Waals surface area contributed by atoms with E-state index >= 15 is 0 Å². The number of alkyl halides is 3. The quantitative estimate of drug-likeness (QED) is 0.273. The van der Waals surface area contributed by atoms with Gasteiger partial charge in [-0.3, -0.25) is 4.79 Å². The van der Waals surface area contributed by atoms with Crippen molar-refractivity contribution in [3.8, 4) is 0 Å². The Bertz CT molecular complexity index is 1360. The van der Waals surface area contributed by atoms with E-state index in [4.69, 9.17) is 11.6 Å². The second kappa shape index (κ2) is 10.1. The fraction of sp³-hybridized carbons (Fsp3) is 0.0417. The number of rotatable bonds is 6. The predicted molar refractivity (Wildman–Crippen MR) is 129 cm³/mol. The summed E-state index contributed by atoms with van der Waals surface area (Å²) in [7, 11) is 0. The van der Waals surface area contributed by atoms with Crippen LogP contribution in [0.4, 0.5) is 30.4 Å². The molecule has 4 rings (SSSR count). The molecule has 1 amide bonds. The molecule has 0 atom stereocenters. The maximum absolute atomic E-state index is 12.3. The third kappa shape index (κ3) is 6.27. The summed E-state index contributed by atoms with van der Waals surface area (Å²) in [6, 6.07) is 20.1.